The van der Waals surface area contributed by atoms with E-state index in [1.807, 2.05) is 0 Å². The molecule has 0 aliphatic carbocycles. The lowest BCUT2D eigenvalue weighted by Gasteiger charge is -2.21. The zero-order chi connectivity index (χ0) is 71.6. The molecule has 98 heavy (non-hydrogen) atoms. The minimum atomic E-state index is -4.94. The van der Waals surface area contributed by atoms with Gasteiger partial charge in [0.1, 0.15) is 31.7 Å². The molecule has 0 aromatic heterocycles. The first-order chi connectivity index (χ1) is 47.8. The van der Waals surface area contributed by atoms with E-state index in [1.54, 1.807) is 0 Å². The summed E-state index contributed by atoms with van der Waals surface area (Å²) in [7, 11) is -9.79. The number of aldehydes is 1. The van der Waals surface area contributed by atoms with Crippen LogP contribution < -0.4 is 0 Å². The van der Waals surface area contributed by atoms with Crippen molar-refractivity contribution in [3.8, 4) is 0 Å². The van der Waals surface area contributed by atoms with Crippen molar-refractivity contribution >= 4 is 39.8 Å². The Morgan fingerprint density at radius 2 is 0.602 bits per heavy atom. The molecule has 3 N–H and O–H groups in total. The smallest absolute Gasteiger partial charge is 0.463 e. The number of allylic oxidation sites excluding steroid dienone is 10. The average Bonchev–Trinajstić information content (AvgIpc) is 1.08. The standard InChI is InChI=1S/C79H144O17P2/c1-4-7-10-13-16-19-22-25-29-34-39-44-48-53-58-63-77(82)90-70-75(89-67-62-57-52-47-42-37-32-28-27-31-36-41-46-51-56-61-66-80)72-94-97(85,86)92-68-74(81)69-93-98(87,88)95-73-76(71-91-78(83)64-59-54-49-43-38-33-24-21-18-15-12-9-6-3)96-79(84)65-60-55-50-45-40-35-30-26-23-20-17-14-11-8-5-2/h16-17,19-20,25-27,29-31,66,74-76,81H,4-15,18,21-24,28,32-65,67-73H2,1-3H3,(H,85,86)(H,87,88)/b19-16-,20-17-,29-25-,30-26-,31-27-/t74-,75-,76-/m1/s1. The number of phosphoric ester groups is 2. The number of phosphoric acid groups is 2. The summed E-state index contributed by atoms with van der Waals surface area (Å²) < 4.78 is 69.3. The van der Waals surface area contributed by atoms with Crippen molar-refractivity contribution in [2.24, 2.45) is 0 Å². The van der Waals surface area contributed by atoms with Crippen LogP contribution in [0.4, 0.5) is 0 Å². The molecule has 572 valence electrons. The zero-order valence-electron chi connectivity index (χ0n) is 62.3. The van der Waals surface area contributed by atoms with E-state index in [0.29, 0.717) is 32.3 Å². The number of aliphatic hydroxyl groups is 1. The van der Waals surface area contributed by atoms with Crippen molar-refractivity contribution in [1.82, 2.24) is 0 Å². The first-order valence-corrected chi connectivity index (χ1v) is 42.5. The van der Waals surface area contributed by atoms with Gasteiger partial charge in [-0.3, -0.25) is 32.5 Å². The minimum absolute atomic E-state index is 0.0953. The second-order valence-electron chi connectivity index (χ2n) is 26.6. The van der Waals surface area contributed by atoms with Gasteiger partial charge in [-0.2, -0.15) is 0 Å². The van der Waals surface area contributed by atoms with E-state index in [2.05, 4.69) is 81.5 Å². The fourth-order valence-electron chi connectivity index (χ4n) is 10.9. The quantitative estimate of drug-likeness (QED) is 0.0128. The molecule has 0 aromatic rings. The Kier molecular flexibility index (Phi) is 71.3. The first kappa shape index (κ1) is 94.9. The maximum Gasteiger partial charge on any atom is 0.472 e. The number of esters is 3. The molecule has 0 amide bonds. The Bertz CT molecular complexity index is 2060. The SMILES string of the molecule is CCCCC/C=C\C/C=C\CCCCCCCC(=O)OC[C@H](COP(=O)(O)OC[C@@H](O)COP(=O)(O)OC[C@@H](COC(=O)CCCCCCCCCCCCCCC)OC(=O)CCCCCCC/C=C\C/C=C\CCCCC)OCCCCCCCCC/C=C\CCCCCCC=O. The topological polar surface area (TPSA) is 237 Å². The number of hydrogen-bond acceptors (Lipinski definition) is 15. The Labute approximate surface area is 597 Å². The molecule has 0 heterocycles. The molecule has 5 atom stereocenters. The summed E-state index contributed by atoms with van der Waals surface area (Å²) in [6.07, 6.45) is 72.6. The highest BCUT2D eigenvalue weighted by Gasteiger charge is 2.30. The van der Waals surface area contributed by atoms with Crippen LogP contribution >= 0.6 is 15.6 Å². The largest absolute Gasteiger partial charge is 0.472 e. The molecular formula is C79H144O17P2. The third-order valence-electron chi connectivity index (χ3n) is 17.0. The van der Waals surface area contributed by atoms with E-state index < -0.39 is 84.9 Å². The number of aliphatic hydroxyl groups excluding tert-OH is 1. The van der Waals surface area contributed by atoms with Crippen molar-refractivity contribution in [2.75, 3.05) is 46.2 Å². The minimum Gasteiger partial charge on any atom is -0.463 e. The van der Waals surface area contributed by atoms with Crippen LogP contribution in [0, 0.1) is 0 Å². The van der Waals surface area contributed by atoms with Crippen LogP contribution in [0.3, 0.4) is 0 Å². The summed E-state index contributed by atoms with van der Waals surface area (Å²) in [4.78, 5) is 70.4. The van der Waals surface area contributed by atoms with Gasteiger partial charge in [-0.05, 0) is 122 Å². The molecule has 0 radical (unpaired) electrons. The van der Waals surface area contributed by atoms with Crippen molar-refractivity contribution in [1.29, 1.82) is 0 Å². The van der Waals surface area contributed by atoms with Gasteiger partial charge in [-0.25, -0.2) is 9.13 Å². The lowest BCUT2D eigenvalue weighted by molar-refractivity contribution is -0.161. The highest BCUT2D eigenvalue weighted by Crippen LogP contribution is 2.45. The number of unbranched alkanes of at least 4 members (excludes halogenated alkanes) is 40. The third-order valence-corrected chi connectivity index (χ3v) is 18.9. The molecule has 0 rings (SSSR count). The van der Waals surface area contributed by atoms with E-state index in [-0.39, 0.29) is 25.9 Å². The summed E-state index contributed by atoms with van der Waals surface area (Å²) in [6.45, 7) is 3.50. The van der Waals surface area contributed by atoms with Crippen LogP contribution in [0.25, 0.3) is 0 Å². The maximum atomic E-state index is 13.1. The van der Waals surface area contributed by atoms with Gasteiger partial charge >= 0.3 is 33.6 Å². The number of carbonyl (C=O) groups is 4. The molecular weight excluding hydrogens is 1280 g/mol. The van der Waals surface area contributed by atoms with E-state index in [9.17, 15) is 43.2 Å². The Morgan fingerprint density at radius 1 is 0.327 bits per heavy atom. The third kappa shape index (κ3) is 72.7. The van der Waals surface area contributed by atoms with Crippen LogP contribution in [0.2, 0.25) is 0 Å². The number of ether oxygens (including phenoxy) is 4. The van der Waals surface area contributed by atoms with Crippen LogP contribution in [-0.2, 0) is 65.4 Å². The van der Waals surface area contributed by atoms with Gasteiger partial charge in [-0.15, -0.1) is 0 Å². The van der Waals surface area contributed by atoms with E-state index in [0.717, 1.165) is 199 Å². The van der Waals surface area contributed by atoms with Crippen molar-refractivity contribution in [3.05, 3.63) is 60.8 Å². The van der Waals surface area contributed by atoms with E-state index in [4.69, 9.17) is 37.0 Å². The van der Waals surface area contributed by atoms with Gasteiger partial charge in [0.25, 0.3) is 0 Å². The molecule has 19 heteroatoms. The number of carbonyl (C=O) groups excluding carboxylic acids is 4. The van der Waals surface area contributed by atoms with Gasteiger partial charge in [0.2, 0.25) is 0 Å². The summed E-state index contributed by atoms with van der Waals surface area (Å²) in [6, 6.07) is 0. The van der Waals surface area contributed by atoms with Crippen LogP contribution in [0.5, 0.6) is 0 Å². The predicted molar refractivity (Wildman–Crippen MR) is 400 cm³/mol. The number of hydrogen-bond donors (Lipinski definition) is 3. The summed E-state index contributed by atoms with van der Waals surface area (Å²) in [5, 5.41) is 10.6. The van der Waals surface area contributed by atoms with Crippen LogP contribution in [0.15, 0.2) is 60.8 Å². The summed E-state index contributed by atoms with van der Waals surface area (Å²) >= 11 is 0. The fraction of sp³-hybridized carbons (Fsp3) is 0.823. The van der Waals surface area contributed by atoms with Crippen molar-refractivity contribution in [2.45, 2.75) is 373 Å². The molecule has 0 aliphatic rings. The molecule has 17 nitrogen and oxygen atoms in total. The Balaban J connectivity index is 5.27. The zero-order valence-corrected chi connectivity index (χ0v) is 64.0. The highest BCUT2D eigenvalue weighted by atomic mass is 31.2. The second-order valence-corrected chi connectivity index (χ2v) is 29.5. The normalized spacial score (nSPS) is 14.3. The fourth-order valence-corrected chi connectivity index (χ4v) is 12.5. The lowest BCUT2D eigenvalue weighted by Crippen LogP contribution is -2.30. The number of rotatable bonds is 77. The van der Waals surface area contributed by atoms with Crippen molar-refractivity contribution in [3.63, 3.8) is 0 Å². The van der Waals surface area contributed by atoms with Gasteiger partial charge < -0.3 is 38.6 Å². The molecule has 0 fully saturated rings. The molecule has 2 unspecified atom stereocenters. The maximum absolute atomic E-state index is 13.1. The van der Waals surface area contributed by atoms with E-state index in [1.165, 1.54) is 96.3 Å². The summed E-state index contributed by atoms with van der Waals surface area (Å²) in [5.41, 5.74) is 0. The molecule has 0 saturated heterocycles. The highest BCUT2D eigenvalue weighted by molar-refractivity contribution is 7.47. The first-order valence-electron chi connectivity index (χ1n) is 39.5. The molecule has 0 saturated carbocycles. The van der Waals surface area contributed by atoms with Crippen molar-refractivity contribution < 1.29 is 80.2 Å². The van der Waals surface area contributed by atoms with Crippen LogP contribution in [0.1, 0.15) is 355 Å². The Hall–Kier alpha value is -3.08. The van der Waals surface area contributed by atoms with Gasteiger partial charge in [-0.1, -0.05) is 268 Å². The van der Waals surface area contributed by atoms with Gasteiger partial charge in [0.15, 0.2) is 6.10 Å². The van der Waals surface area contributed by atoms with Gasteiger partial charge in [0, 0.05) is 32.3 Å². The van der Waals surface area contributed by atoms with Gasteiger partial charge in [0.05, 0.1) is 26.4 Å². The molecule has 0 bridgehead atoms. The predicted octanol–water partition coefficient (Wildman–Crippen LogP) is 22.3. The Morgan fingerprint density at radius 3 is 0.980 bits per heavy atom. The van der Waals surface area contributed by atoms with E-state index >= 15 is 0 Å². The molecule has 0 spiro atoms. The second kappa shape index (κ2) is 73.7. The average molecular weight is 1430 g/mol. The summed E-state index contributed by atoms with van der Waals surface area (Å²) in [5.74, 6) is -1.47. The molecule has 0 aromatic carbocycles. The lowest BCUT2D eigenvalue weighted by atomic mass is 10.0. The monoisotopic (exact) mass is 1430 g/mol. The van der Waals surface area contributed by atoms with Crippen LogP contribution in [-0.4, -0.2) is 104 Å². The molecule has 0 aliphatic heterocycles.